The average Bonchev–Trinajstić information content (AvgIpc) is 3.52. The first-order chi connectivity index (χ1) is 17.5. The van der Waals surface area contributed by atoms with Gasteiger partial charge in [-0.3, -0.25) is 4.57 Å². The molecule has 0 amide bonds. The highest BCUT2D eigenvalue weighted by Gasteiger charge is 2.17. The van der Waals surface area contributed by atoms with Gasteiger partial charge in [-0.15, -0.1) is 0 Å². The smallest absolute Gasteiger partial charge is 0.355 e. The molecule has 0 bridgehead atoms. The van der Waals surface area contributed by atoms with Gasteiger partial charge in [0.2, 0.25) is 5.95 Å². The zero-order chi connectivity index (χ0) is 25.1. The second kappa shape index (κ2) is 10.1. The Bertz CT molecular complexity index is 1480. The molecule has 0 radical (unpaired) electrons. The second-order valence-corrected chi connectivity index (χ2v) is 8.85. The number of nitrogens with zero attached hydrogens (tertiary/aromatic N) is 4. The van der Waals surface area contributed by atoms with Crippen molar-refractivity contribution in [3.05, 3.63) is 97.6 Å². The predicted octanol–water partition coefficient (Wildman–Crippen LogP) is 1.96. The molecule has 0 unspecified atom stereocenters. The molecule has 10 heteroatoms. The van der Waals surface area contributed by atoms with Crippen LogP contribution in [0.15, 0.2) is 58.3 Å². The predicted molar refractivity (Wildman–Crippen MR) is 138 cm³/mol. The quantitative estimate of drug-likeness (QED) is 0.329. The number of nitrogens with one attached hydrogen (secondary N) is 2. The maximum absolute atomic E-state index is 13.6. The first-order valence-electron chi connectivity index (χ1n) is 12.1. The fourth-order valence-electron chi connectivity index (χ4n) is 4.34. The summed E-state index contributed by atoms with van der Waals surface area (Å²) in [6, 6.07) is 13.8. The van der Waals surface area contributed by atoms with Crippen LogP contribution in [0.4, 0.5) is 11.9 Å². The summed E-state index contributed by atoms with van der Waals surface area (Å²) >= 11 is 0. The van der Waals surface area contributed by atoms with Gasteiger partial charge in [0.05, 0.1) is 25.9 Å². The number of nitrogens with two attached hydrogens (primary N) is 1. The fourth-order valence-corrected chi connectivity index (χ4v) is 4.34. The third-order valence-corrected chi connectivity index (χ3v) is 6.34. The van der Waals surface area contributed by atoms with Crippen molar-refractivity contribution in [2.45, 2.75) is 39.3 Å². The summed E-state index contributed by atoms with van der Waals surface area (Å²) < 4.78 is 8.30. The number of fused-ring (bicyclic) bond motifs is 1. The van der Waals surface area contributed by atoms with Crippen LogP contribution >= 0.6 is 0 Å². The van der Waals surface area contributed by atoms with Crippen LogP contribution in [0.25, 0.3) is 0 Å². The van der Waals surface area contributed by atoms with Gasteiger partial charge in [0.25, 0.3) is 0 Å². The molecule has 4 N–H and O–H groups in total. The molecule has 0 aliphatic carbocycles. The third-order valence-electron chi connectivity index (χ3n) is 6.34. The highest BCUT2D eigenvalue weighted by molar-refractivity contribution is 5.40. The van der Waals surface area contributed by atoms with Gasteiger partial charge >= 0.3 is 11.4 Å². The van der Waals surface area contributed by atoms with Crippen LogP contribution in [0, 0.1) is 0 Å². The lowest BCUT2D eigenvalue weighted by molar-refractivity contribution is 0.357. The molecule has 0 fully saturated rings. The average molecular weight is 488 g/mol. The Balaban J connectivity index is 1.46. The third kappa shape index (κ3) is 5.02. The van der Waals surface area contributed by atoms with E-state index in [1.165, 1.54) is 14.7 Å². The minimum atomic E-state index is -0.591. The number of aryl methyl sites for hydroxylation is 1. The van der Waals surface area contributed by atoms with Gasteiger partial charge < -0.3 is 20.8 Å². The van der Waals surface area contributed by atoms with Crippen molar-refractivity contribution in [3.63, 3.8) is 0 Å². The number of imidazole rings is 1. The van der Waals surface area contributed by atoms with Gasteiger partial charge in [0.15, 0.2) is 5.95 Å². The lowest BCUT2D eigenvalue weighted by atomic mass is 10.1. The number of anilines is 2. The number of H-pyrrole nitrogens is 1. The lowest BCUT2D eigenvalue weighted by Crippen LogP contribution is -2.43. The second-order valence-electron chi connectivity index (χ2n) is 8.85. The van der Waals surface area contributed by atoms with Gasteiger partial charge in [-0.1, -0.05) is 43.3 Å². The van der Waals surface area contributed by atoms with E-state index in [0.29, 0.717) is 25.5 Å². The molecule has 2 aromatic heterocycles. The van der Waals surface area contributed by atoms with E-state index in [2.05, 4.69) is 27.2 Å². The van der Waals surface area contributed by atoms with Gasteiger partial charge in [0.1, 0.15) is 5.75 Å². The summed E-state index contributed by atoms with van der Waals surface area (Å²) in [5.41, 5.74) is 9.60. The molecule has 4 aromatic rings. The standard InChI is InChI=1S/C26H29N7O3/c1-2-17-3-5-18(6-4-17)15-33-25(34)31-24(28-11-9-21-14-29-23(27)30-21)32(26(33)35)16-19-7-8-22-20(13-19)10-12-36-22/h3-8,13-14H,2,9-12,15-16H2,1H3,(H3,27,29,30)(H,28,31,34). The van der Waals surface area contributed by atoms with Gasteiger partial charge in [-0.05, 0) is 34.7 Å². The van der Waals surface area contributed by atoms with Crippen molar-refractivity contribution in [2.24, 2.45) is 0 Å². The molecule has 10 nitrogen and oxygen atoms in total. The molecule has 186 valence electrons. The zero-order valence-corrected chi connectivity index (χ0v) is 20.2. The van der Waals surface area contributed by atoms with E-state index in [1.54, 1.807) is 6.20 Å². The van der Waals surface area contributed by atoms with Gasteiger partial charge in [-0.2, -0.15) is 4.98 Å². The Hall–Kier alpha value is -4.34. The Morgan fingerprint density at radius 1 is 1.06 bits per heavy atom. The number of aromatic amines is 1. The van der Waals surface area contributed by atoms with Gasteiger partial charge in [0, 0.05) is 25.1 Å². The van der Waals surface area contributed by atoms with Crippen LogP contribution in [0.3, 0.4) is 0 Å². The van der Waals surface area contributed by atoms with Crippen molar-refractivity contribution in [1.82, 2.24) is 24.1 Å². The van der Waals surface area contributed by atoms with Crippen molar-refractivity contribution >= 4 is 11.9 Å². The van der Waals surface area contributed by atoms with Crippen molar-refractivity contribution < 1.29 is 4.74 Å². The van der Waals surface area contributed by atoms with E-state index < -0.39 is 11.4 Å². The Kier molecular flexibility index (Phi) is 6.57. The first kappa shape index (κ1) is 23.4. The van der Waals surface area contributed by atoms with Crippen LogP contribution in [-0.2, 0) is 32.4 Å². The lowest BCUT2D eigenvalue weighted by Gasteiger charge is -2.16. The van der Waals surface area contributed by atoms with E-state index in [9.17, 15) is 9.59 Å². The van der Waals surface area contributed by atoms with Gasteiger partial charge in [-0.25, -0.2) is 19.1 Å². The minimum Gasteiger partial charge on any atom is -0.493 e. The molecule has 1 aliphatic heterocycles. The van der Waals surface area contributed by atoms with Crippen LogP contribution in [0.5, 0.6) is 5.75 Å². The highest BCUT2D eigenvalue weighted by Crippen LogP contribution is 2.26. The summed E-state index contributed by atoms with van der Waals surface area (Å²) in [6.07, 6.45) is 3.99. The fraction of sp³-hybridized carbons (Fsp3) is 0.308. The molecule has 5 rings (SSSR count). The topological polar surface area (TPSA) is 133 Å². The maximum atomic E-state index is 13.6. The van der Waals surface area contributed by atoms with Crippen molar-refractivity contribution in [3.8, 4) is 5.75 Å². The Morgan fingerprint density at radius 3 is 2.56 bits per heavy atom. The SMILES string of the molecule is CCc1ccc(Cn2c(=O)nc(NCCc3cnc(N)[nH]3)n(Cc3ccc4c(c3)CCO4)c2=O)cc1. The summed E-state index contributed by atoms with van der Waals surface area (Å²) in [7, 11) is 0. The molecular weight excluding hydrogens is 458 g/mol. The first-order valence-corrected chi connectivity index (χ1v) is 12.1. The summed E-state index contributed by atoms with van der Waals surface area (Å²) in [5.74, 6) is 1.45. The number of aromatic nitrogens is 5. The number of rotatable bonds is 9. The van der Waals surface area contributed by atoms with Crippen molar-refractivity contribution in [1.29, 1.82) is 0 Å². The number of benzene rings is 2. The zero-order valence-electron chi connectivity index (χ0n) is 20.2. The number of ether oxygens (including phenoxy) is 1. The van der Waals surface area contributed by atoms with E-state index in [4.69, 9.17) is 10.5 Å². The van der Waals surface area contributed by atoms with Crippen LogP contribution in [-0.4, -0.2) is 37.2 Å². The molecule has 36 heavy (non-hydrogen) atoms. The molecule has 0 saturated carbocycles. The minimum absolute atomic E-state index is 0.153. The monoisotopic (exact) mass is 487 g/mol. The number of hydrogen-bond acceptors (Lipinski definition) is 7. The highest BCUT2D eigenvalue weighted by atomic mass is 16.5. The summed E-state index contributed by atoms with van der Waals surface area (Å²) in [6.45, 7) is 3.61. The molecule has 0 spiro atoms. The van der Waals surface area contributed by atoms with Crippen LogP contribution < -0.4 is 27.2 Å². The maximum Gasteiger partial charge on any atom is 0.355 e. The van der Waals surface area contributed by atoms with E-state index >= 15 is 0 Å². The number of nitrogen functional groups attached to an aromatic ring is 1. The van der Waals surface area contributed by atoms with E-state index in [1.807, 2.05) is 42.5 Å². The molecule has 2 aromatic carbocycles. The van der Waals surface area contributed by atoms with Crippen LogP contribution in [0.1, 0.15) is 34.9 Å². The Labute approximate surface area is 207 Å². The van der Waals surface area contributed by atoms with E-state index in [0.717, 1.165) is 41.0 Å². The normalized spacial score (nSPS) is 12.4. The molecule has 0 atom stereocenters. The molecule has 3 heterocycles. The van der Waals surface area contributed by atoms with E-state index in [-0.39, 0.29) is 19.0 Å². The summed E-state index contributed by atoms with van der Waals surface area (Å²) in [5, 5.41) is 3.16. The molecule has 0 saturated heterocycles. The molecule has 1 aliphatic rings. The largest absolute Gasteiger partial charge is 0.493 e. The van der Waals surface area contributed by atoms with Crippen molar-refractivity contribution in [2.75, 3.05) is 24.2 Å². The molecular formula is C26H29N7O3. The number of hydrogen-bond donors (Lipinski definition) is 3. The van der Waals surface area contributed by atoms with Crippen LogP contribution in [0.2, 0.25) is 0 Å². The summed E-state index contributed by atoms with van der Waals surface area (Å²) in [4.78, 5) is 37.7. The Morgan fingerprint density at radius 2 is 1.81 bits per heavy atom.